The number of halogens is 1. The molecule has 1 N–H and O–H groups in total. The topological polar surface area (TPSA) is 87.9 Å². The van der Waals surface area contributed by atoms with Crippen molar-refractivity contribution in [1.29, 1.82) is 5.26 Å². The van der Waals surface area contributed by atoms with Crippen LogP contribution in [-0.4, -0.2) is 28.2 Å². The average molecular weight is 581 g/mol. The minimum atomic E-state index is -0.579. The number of anilines is 1. The molecule has 0 aliphatic rings. The van der Waals surface area contributed by atoms with Crippen molar-refractivity contribution in [1.82, 2.24) is 9.97 Å². The van der Waals surface area contributed by atoms with Crippen LogP contribution in [0.2, 0.25) is 0 Å². The lowest BCUT2D eigenvalue weighted by Crippen LogP contribution is -2.22. The van der Waals surface area contributed by atoms with Gasteiger partial charge in [-0.2, -0.15) is 5.26 Å². The van der Waals surface area contributed by atoms with Crippen molar-refractivity contribution in [3.63, 3.8) is 0 Å². The molecule has 0 radical (unpaired) electrons. The van der Waals surface area contributed by atoms with Crippen molar-refractivity contribution in [2.24, 2.45) is 0 Å². The van der Waals surface area contributed by atoms with Crippen LogP contribution in [0.15, 0.2) is 89.3 Å². The molecule has 2 aromatic heterocycles. The number of thioether (sulfide) groups is 1. The van der Waals surface area contributed by atoms with E-state index in [-0.39, 0.29) is 11.7 Å². The first-order chi connectivity index (χ1) is 19.8. The number of aromatic nitrogens is 2. The highest BCUT2D eigenvalue weighted by Gasteiger charge is 2.22. The highest BCUT2D eigenvalue weighted by atomic mass is 32.2. The van der Waals surface area contributed by atoms with Gasteiger partial charge in [-0.1, -0.05) is 41.6 Å². The van der Waals surface area contributed by atoms with E-state index in [1.807, 2.05) is 66.9 Å². The van der Waals surface area contributed by atoms with E-state index < -0.39 is 5.25 Å². The number of nitrogens with one attached hydrogen (secondary N) is 1. The van der Waals surface area contributed by atoms with E-state index >= 15 is 0 Å². The van der Waals surface area contributed by atoms with Crippen molar-refractivity contribution in [3.8, 4) is 45.5 Å². The van der Waals surface area contributed by atoms with Crippen LogP contribution in [0, 0.1) is 24.1 Å². The number of hydrogen-bond acceptors (Lipinski definition) is 7. The highest BCUT2D eigenvalue weighted by Crippen LogP contribution is 2.36. The number of nitriles is 1. The molecule has 41 heavy (non-hydrogen) atoms. The fraction of sp³-hybridized carbons (Fsp3) is 0.125. The molecule has 0 saturated heterocycles. The number of carbonyl (C=O) groups is 1. The van der Waals surface area contributed by atoms with Gasteiger partial charge in [0.25, 0.3) is 0 Å². The van der Waals surface area contributed by atoms with E-state index in [1.165, 1.54) is 35.2 Å². The van der Waals surface area contributed by atoms with E-state index in [4.69, 9.17) is 9.72 Å². The Morgan fingerprint density at radius 1 is 0.976 bits per heavy atom. The second kappa shape index (κ2) is 12.3. The summed E-state index contributed by atoms with van der Waals surface area (Å²) in [6.45, 7) is 3.78. The van der Waals surface area contributed by atoms with Crippen LogP contribution in [0.3, 0.4) is 0 Å². The minimum Gasteiger partial charge on any atom is -0.497 e. The number of pyridine rings is 1. The Bertz CT molecular complexity index is 1730. The van der Waals surface area contributed by atoms with Crippen molar-refractivity contribution in [2.45, 2.75) is 24.1 Å². The number of amides is 1. The number of rotatable bonds is 8. The maximum Gasteiger partial charge on any atom is 0.239 e. The van der Waals surface area contributed by atoms with Crippen LogP contribution in [0.1, 0.15) is 18.1 Å². The second-order valence-corrected chi connectivity index (χ2v) is 11.4. The number of carbonyl (C=O) groups excluding carboxylic acids is 1. The quantitative estimate of drug-likeness (QED) is 0.187. The fourth-order valence-electron chi connectivity index (χ4n) is 4.10. The zero-order valence-electron chi connectivity index (χ0n) is 22.5. The van der Waals surface area contributed by atoms with Crippen molar-refractivity contribution >= 4 is 34.1 Å². The summed E-state index contributed by atoms with van der Waals surface area (Å²) < 4.78 is 18.6. The van der Waals surface area contributed by atoms with E-state index in [0.29, 0.717) is 27.1 Å². The van der Waals surface area contributed by atoms with E-state index in [2.05, 4.69) is 16.4 Å². The van der Waals surface area contributed by atoms with Gasteiger partial charge in [-0.15, -0.1) is 11.3 Å². The molecule has 1 atom stereocenters. The zero-order valence-corrected chi connectivity index (χ0v) is 24.1. The standard InChI is InChI=1S/C32H25FN4O2S2/c1-19-4-6-21(7-5-19)26-16-28(22-10-14-25(39-3)15-11-22)35-31(27(26)17-34)41-20(2)30(38)37-32-36-29(18-40-32)23-8-12-24(33)13-9-23/h4-16,18,20H,1-3H3,(H,36,37,38). The van der Waals surface area contributed by atoms with Crippen molar-refractivity contribution in [3.05, 3.63) is 101 Å². The van der Waals surface area contributed by atoms with E-state index in [9.17, 15) is 14.4 Å². The Kier molecular flexibility index (Phi) is 8.43. The lowest BCUT2D eigenvalue weighted by atomic mass is 9.98. The number of thiazole rings is 1. The summed E-state index contributed by atoms with van der Waals surface area (Å²) in [6.07, 6.45) is 0. The molecule has 1 unspecified atom stereocenters. The third-order valence-corrected chi connectivity index (χ3v) is 8.22. The summed E-state index contributed by atoms with van der Waals surface area (Å²) in [5, 5.41) is 15.2. The largest absolute Gasteiger partial charge is 0.497 e. The first-order valence-corrected chi connectivity index (χ1v) is 14.5. The second-order valence-electron chi connectivity index (χ2n) is 9.24. The zero-order chi connectivity index (χ0) is 28.9. The molecule has 0 fully saturated rings. The molecule has 3 aromatic carbocycles. The SMILES string of the molecule is COc1ccc(-c2cc(-c3ccc(C)cc3)c(C#N)c(SC(C)C(=O)Nc3nc(-c4ccc(F)cc4)cs3)n2)cc1. The predicted molar refractivity (Wildman–Crippen MR) is 163 cm³/mol. The Labute approximate surface area is 245 Å². The maximum atomic E-state index is 13.3. The van der Waals surface area contributed by atoms with Gasteiger partial charge in [-0.05, 0) is 74.0 Å². The summed E-state index contributed by atoms with van der Waals surface area (Å²) >= 11 is 2.51. The summed E-state index contributed by atoms with van der Waals surface area (Å²) in [6, 6.07) is 25.8. The first kappa shape index (κ1) is 28.0. The molecular weight excluding hydrogens is 556 g/mol. The molecule has 0 saturated carbocycles. The number of nitrogens with zero attached hydrogens (tertiary/aromatic N) is 3. The Morgan fingerprint density at radius 2 is 1.61 bits per heavy atom. The van der Waals surface area contributed by atoms with Gasteiger partial charge in [0.1, 0.15) is 22.7 Å². The third kappa shape index (κ3) is 6.46. The van der Waals surface area contributed by atoms with E-state index in [0.717, 1.165) is 33.6 Å². The van der Waals surface area contributed by atoms with Gasteiger partial charge in [-0.25, -0.2) is 14.4 Å². The smallest absolute Gasteiger partial charge is 0.239 e. The number of aryl methyl sites for hydroxylation is 1. The third-order valence-electron chi connectivity index (χ3n) is 6.38. The fourth-order valence-corrected chi connectivity index (χ4v) is 5.75. The van der Waals surface area contributed by atoms with Crippen LogP contribution >= 0.6 is 23.1 Å². The minimum absolute atomic E-state index is 0.271. The molecule has 0 aliphatic heterocycles. The monoisotopic (exact) mass is 580 g/mol. The molecule has 5 rings (SSSR count). The average Bonchev–Trinajstić information content (AvgIpc) is 3.46. The van der Waals surface area contributed by atoms with Gasteiger partial charge >= 0.3 is 0 Å². The van der Waals surface area contributed by atoms with Crippen LogP contribution in [-0.2, 0) is 4.79 Å². The van der Waals surface area contributed by atoms with Gasteiger partial charge in [-0.3, -0.25) is 4.79 Å². The normalized spacial score (nSPS) is 11.5. The van der Waals surface area contributed by atoms with Gasteiger partial charge in [0.15, 0.2) is 5.13 Å². The predicted octanol–water partition coefficient (Wildman–Crippen LogP) is 7.99. The Morgan fingerprint density at radius 3 is 2.27 bits per heavy atom. The van der Waals surface area contributed by atoms with Crippen LogP contribution in [0.5, 0.6) is 5.75 Å². The lowest BCUT2D eigenvalue weighted by Gasteiger charge is -2.15. The summed E-state index contributed by atoms with van der Waals surface area (Å²) in [5.74, 6) is 0.133. The molecule has 2 heterocycles. The lowest BCUT2D eigenvalue weighted by molar-refractivity contribution is -0.115. The number of benzene rings is 3. The molecule has 1 amide bonds. The molecule has 6 nitrogen and oxygen atoms in total. The van der Waals surface area contributed by atoms with Crippen LogP contribution < -0.4 is 10.1 Å². The maximum absolute atomic E-state index is 13.3. The van der Waals surface area contributed by atoms with Gasteiger partial charge in [0, 0.05) is 22.1 Å². The summed E-state index contributed by atoms with van der Waals surface area (Å²) in [4.78, 5) is 22.5. The molecule has 9 heteroatoms. The van der Waals surface area contributed by atoms with E-state index in [1.54, 1.807) is 26.2 Å². The molecule has 0 bridgehead atoms. The summed E-state index contributed by atoms with van der Waals surface area (Å²) in [7, 11) is 1.61. The van der Waals surface area contributed by atoms with Gasteiger partial charge < -0.3 is 10.1 Å². The van der Waals surface area contributed by atoms with Crippen LogP contribution in [0.4, 0.5) is 9.52 Å². The molecule has 204 valence electrons. The Balaban J connectivity index is 1.44. The van der Waals surface area contributed by atoms with Gasteiger partial charge in [0.2, 0.25) is 5.91 Å². The highest BCUT2D eigenvalue weighted by molar-refractivity contribution is 8.00. The number of methoxy groups -OCH3 is 1. The van der Waals surface area contributed by atoms with Gasteiger partial charge in [0.05, 0.1) is 29.3 Å². The first-order valence-electron chi connectivity index (χ1n) is 12.7. The molecule has 0 aliphatic carbocycles. The van der Waals surface area contributed by atoms with Crippen molar-refractivity contribution < 1.29 is 13.9 Å². The number of hydrogen-bond donors (Lipinski definition) is 1. The molecule has 5 aromatic rings. The number of ether oxygens (including phenoxy) is 1. The van der Waals surface area contributed by atoms with Crippen LogP contribution in [0.25, 0.3) is 33.6 Å². The Hall–Kier alpha value is -4.52. The van der Waals surface area contributed by atoms with Crippen molar-refractivity contribution in [2.75, 3.05) is 12.4 Å². The molecule has 0 spiro atoms. The molecular formula is C32H25FN4O2S2. The summed E-state index contributed by atoms with van der Waals surface area (Å²) in [5.41, 5.74) is 6.10.